The predicted molar refractivity (Wildman–Crippen MR) is 102 cm³/mol. The standard InChI is InChI=1S/C22H28N2/c1-18-12-11-16-20-22(18)24-21(23-20)17-10-5-3-2-4-7-13-19-14-8-6-9-15-19/h6,8-9,11-12,14-16H,2-5,7,10,13,17H2,1H3,(H,23,24). The molecule has 0 bridgehead atoms. The highest BCUT2D eigenvalue weighted by Gasteiger charge is 2.04. The van der Waals surface area contributed by atoms with Gasteiger partial charge in [-0.3, -0.25) is 0 Å². The summed E-state index contributed by atoms with van der Waals surface area (Å²) in [5.74, 6) is 1.14. The Balaban J connectivity index is 1.29. The van der Waals surface area contributed by atoms with Crippen LogP contribution in [0.15, 0.2) is 48.5 Å². The molecular formula is C22H28N2. The third-order valence-electron chi connectivity index (χ3n) is 4.74. The number of imidazole rings is 1. The summed E-state index contributed by atoms with van der Waals surface area (Å²) in [6.07, 6.45) is 10.2. The van der Waals surface area contributed by atoms with E-state index in [4.69, 9.17) is 4.98 Å². The summed E-state index contributed by atoms with van der Waals surface area (Å²) in [7, 11) is 0. The molecule has 1 aromatic heterocycles. The van der Waals surface area contributed by atoms with E-state index in [1.807, 2.05) is 0 Å². The Kier molecular flexibility index (Phi) is 6.06. The smallest absolute Gasteiger partial charge is 0.107 e. The number of unbranched alkanes of at least 4 members (excludes halogenated alkanes) is 5. The maximum Gasteiger partial charge on any atom is 0.107 e. The van der Waals surface area contributed by atoms with Crippen molar-refractivity contribution in [3.63, 3.8) is 0 Å². The lowest BCUT2D eigenvalue weighted by Gasteiger charge is -2.02. The highest BCUT2D eigenvalue weighted by atomic mass is 14.9. The average Bonchev–Trinajstić information content (AvgIpc) is 3.03. The number of aromatic nitrogens is 2. The van der Waals surface area contributed by atoms with Crippen LogP contribution in [0.25, 0.3) is 11.0 Å². The Morgan fingerprint density at radius 2 is 1.46 bits per heavy atom. The van der Waals surface area contributed by atoms with E-state index < -0.39 is 0 Å². The van der Waals surface area contributed by atoms with Gasteiger partial charge >= 0.3 is 0 Å². The van der Waals surface area contributed by atoms with E-state index in [9.17, 15) is 0 Å². The first-order chi connectivity index (χ1) is 11.8. The quantitative estimate of drug-likeness (QED) is 0.481. The number of H-pyrrole nitrogens is 1. The van der Waals surface area contributed by atoms with Crippen LogP contribution in [0.2, 0.25) is 0 Å². The molecule has 0 saturated heterocycles. The second-order valence-electron chi connectivity index (χ2n) is 6.76. The molecule has 1 heterocycles. The van der Waals surface area contributed by atoms with Gasteiger partial charge < -0.3 is 4.98 Å². The number of benzene rings is 2. The summed E-state index contributed by atoms with van der Waals surface area (Å²) < 4.78 is 0. The van der Waals surface area contributed by atoms with Crippen LogP contribution in [0, 0.1) is 6.92 Å². The Bertz CT molecular complexity index is 743. The van der Waals surface area contributed by atoms with E-state index in [-0.39, 0.29) is 0 Å². The Hall–Kier alpha value is -2.09. The molecule has 0 spiro atoms. The molecule has 0 aliphatic rings. The molecule has 2 heteroatoms. The summed E-state index contributed by atoms with van der Waals surface area (Å²) in [6, 6.07) is 17.2. The van der Waals surface area contributed by atoms with E-state index in [2.05, 4.69) is 60.4 Å². The van der Waals surface area contributed by atoms with Crippen molar-refractivity contribution in [1.29, 1.82) is 0 Å². The van der Waals surface area contributed by atoms with Crippen molar-refractivity contribution >= 4 is 11.0 Å². The first kappa shape index (κ1) is 16.8. The van der Waals surface area contributed by atoms with Crippen LogP contribution < -0.4 is 0 Å². The second kappa shape index (κ2) is 8.68. The maximum absolute atomic E-state index is 4.74. The molecule has 3 aromatic rings. The lowest BCUT2D eigenvalue weighted by atomic mass is 10.0. The number of aromatic amines is 1. The van der Waals surface area contributed by atoms with Gasteiger partial charge in [0.1, 0.15) is 5.82 Å². The fourth-order valence-electron chi connectivity index (χ4n) is 3.32. The van der Waals surface area contributed by atoms with Crippen molar-refractivity contribution in [3.8, 4) is 0 Å². The number of nitrogens with one attached hydrogen (secondary N) is 1. The van der Waals surface area contributed by atoms with Gasteiger partial charge in [0.25, 0.3) is 0 Å². The minimum absolute atomic E-state index is 1.07. The van der Waals surface area contributed by atoms with Crippen LogP contribution in [0.5, 0.6) is 0 Å². The molecule has 126 valence electrons. The monoisotopic (exact) mass is 320 g/mol. The van der Waals surface area contributed by atoms with Gasteiger partial charge in [0.05, 0.1) is 11.0 Å². The summed E-state index contributed by atoms with van der Waals surface area (Å²) in [4.78, 5) is 8.19. The molecule has 3 rings (SSSR count). The Labute approximate surface area is 145 Å². The number of para-hydroxylation sites is 1. The van der Waals surface area contributed by atoms with Crippen molar-refractivity contribution in [2.24, 2.45) is 0 Å². The lowest BCUT2D eigenvalue weighted by molar-refractivity contribution is 0.590. The fourth-order valence-corrected chi connectivity index (χ4v) is 3.32. The number of aryl methyl sites for hydroxylation is 3. The molecule has 0 amide bonds. The normalized spacial score (nSPS) is 11.2. The van der Waals surface area contributed by atoms with E-state index in [1.165, 1.54) is 61.6 Å². The van der Waals surface area contributed by atoms with Gasteiger partial charge in [-0.25, -0.2) is 4.98 Å². The van der Waals surface area contributed by atoms with Crippen LogP contribution in [0.1, 0.15) is 55.5 Å². The van der Waals surface area contributed by atoms with Crippen molar-refractivity contribution in [3.05, 3.63) is 65.5 Å². The Morgan fingerprint density at radius 3 is 2.21 bits per heavy atom. The van der Waals surface area contributed by atoms with Crippen molar-refractivity contribution in [2.75, 3.05) is 0 Å². The molecule has 0 aliphatic carbocycles. The SMILES string of the molecule is Cc1cccc2[nH]c(CCCCCCCCc3ccccc3)nc12. The molecule has 2 aromatic carbocycles. The van der Waals surface area contributed by atoms with Gasteiger partial charge in [-0.1, -0.05) is 68.1 Å². The topological polar surface area (TPSA) is 28.7 Å². The zero-order chi connectivity index (χ0) is 16.6. The first-order valence-electron chi connectivity index (χ1n) is 9.31. The molecular weight excluding hydrogens is 292 g/mol. The van der Waals surface area contributed by atoms with Crippen LogP contribution in [-0.4, -0.2) is 9.97 Å². The van der Waals surface area contributed by atoms with Crippen molar-refractivity contribution < 1.29 is 0 Å². The van der Waals surface area contributed by atoms with E-state index in [0.717, 1.165) is 17.8 Å². The molecule has 1 N–H and O–H groups in total. The van der Waals surface area contributed by atoms with Gasteiger partial charge in [0.15, 0.2) is 0 Å². The summed E-state index contributed by atoms with van der Waals surface area (Å²) in [5.41, 5.74) is 5.03. The number of nitrogens with zero attached hydrogens (tertiary/aromatic N) is 1. The third kappa shape index (κ3) is 4.70. The zero-order valence-electron chi connectivity index (χ0n) is 14.7. The molecule has 0 unspecified atom stereocenters. The van der Waals surface area contributed by atoms with Gasteiger partial charge in [0, 0.05) is 6.42 Å². The summed E-state index contributed by atoms with van der Waals surface area (Å²) >= 11 is 0. The average molecular weight is 320 g/mol. The fraction of sp³-hybridized carbons (Fsp3) is 0.409. The molecule has 24 heavy (non-hydrogen) atoms. The summed E-state index contributed by atoms with van der Waals surface area (Å²) in [5, 5.41) is 0. The third-order valence-corrected chi connectivity index (χ3v) is 4.74. The zero-order valence-corrected chi connectivity index (χ0v) is 14.7. The first-order valence-corrected chi connectivity index (χ1v) is 9.31. The van der Waals surface area contributed by atoms with E-state index >= 15 is 0 Å². The minimum atomic E-state index is 1.07. The lowest BCUT2D eigenvalue weighted by Crippen LogP contribution is -1.89. The molecule has 2 nitrogen and oxygen atoms in total. The second-order valence-corrected chi connectivity index (χ2v) is 6.76. The Morgan fingerprint density at radius 1 is 0.750 bits per heavy atom. The van der Waals surface area contributed by atoms with Crippen molar-refractivity contribution in [2.45, 2.75) is 58.3 Å². The molecule has 0 fully saturated rings. The highest BCUT2D eigenvalue weighted by molar-refractivity contribution is 5.78. The van der Waals surface area contributed by atoms with Crippen LogP contribution in [0.4, 0.5) is 0 Å². The number of hydrogen-bond donors (Lipinski definition) is 1. The van der Waals surface area contributed by atoms with E-state index in [0.29, 0.717) is 0 Å². The number of rotatable bonds is 9. The largest absolute Gasteiger partial charge is 0.342 e. The summed E-state index contributed by atoms with van der Waals surface area (Å²) in [6.45, 7) is 2.13. The van der Waals surface area contributed by atoms with Crippen LogP contribution in [0.3, 0.4) is 0 Å². The predicted octanol–water partition coefficient (Wildman–Crippen LogP) is 6.00. The van der Waals surface area contributed by atoms with Crippen LogP contribution >= 0.6 is 0 Å². The van der Waals surface area contributed by atoms with Gasteiger partial charge in [-0.05, 0) is 43.4 Å². The molecule has 0 aliphatic heterocycles. The highest BCUT2D eigenvalue weighted by Crippen LogP contribution is 2.17. The van der Waals surface area contributed by atoms with E-state index in [1.54, 1.807) is 0 Å². The van der Waals surface area contributed by atoms with Gasteiger partial charge in [0.2, 0.25) is 0 Å². The van der Waals surface area contributed by atoms with Crippen molar-refractivity contribution in [1.82, 2.24) is 9.97 Å². The molecule has 0 saturated carbocycles. The number of hydrogen-bond acceptors (Lipinski definition) is 1. The maximum atomic E-state index is 4.74. The van der Waals surface area contributed by atoms with Crippen LogP contribution in [-0.2, 0) is 12.8 Å². The molecule has 0 atom stereocenters. The van der Waals surface area contributed by atoms with Gasteiger partial charge in [-0.2, -0.15) is 0 Å². The minimum Gasteiger partial charge on any atom is -0.342 e. The number of fused-ring (bicyclic) bond motifs is 1. The molecule has 0 radical (unpaired) electrons. The van der Waals surface area contributed by atoms with Gasteiger partial charge in [-0.15, -0.1) is 0 Å².